The van der Waals surface area contributed by atoms with E-state index in [2.05, 4.69) is 11.9 Å². The Bertz CT molecular complexity index is 213. The number of hydrogen-bond donors (Lipinski definition) is 1. The minimum Gasteiger partial charge on any atom is -0.348 e. The second-order valence-corrected chi connectivity index (χ2v) is 4.19. The number of nitrogens with zero attached hydrogens (tertiary/aromatic N) is 1. The van der Waals surface area contributed by atoms with E-state index in [0.717, 1.165) is 25.7 Å². The van der Waals surface area contributed by atoms with E-state index in [1.165, 1.54) is 5.57 Å². The van der Waals surface area contributed by atoms with Gasteiger partial charge < -0.3 is 10.2 Å². The zero-order valence-corrected chi connectivity index (χ0v) is 9.18. The summed E-state index contributed by atoms with van der Waals surface area (Å²) in [6.45, 7) is 4.43. The highest BCUT2D eigenvalue weighted by Gasteiger charge is 2.15. The van der Waals surface area contributed by atoms with Gasteiger partial charge in [0.1, 0.15) is 0 Å². The molecule has 0 aromatic carbocycles. The van der Waals surface area contributed by atoms with Crippen molar-refractivity contribution in [3.63, 3.8) is 0 Å². The number of amides is 1. The molecule has 1 aliphatic carbocycles. The highest BCUT2D eigenvalue weighted by molar-refractivity contribution is 5.77. The molecule has 0 atom stereocenters. The summed E-state index contributed by atoms with van der Waals surface area (Å²) in [5, 5.41) is 3.29. The fourth-order valence-corrected chi connectivity index (χ4v) is 1.62. The standard InChI is InChI=1S/C11H20N2O/c1-9-4-6-10(7-5-9)12-8-11(14)13(2)3/h10,12H,1,4-8H2,2-3H3. The van der Waals surface area contributed by atoms with Gasteiger partial charge in [-0.05, 0) is 25.7 Å². The van der Waals surface area contributed by atoms with Crippen LogP contribution in [0, 0.1) is 0 Å². The largest absolute Gasteiger partial charge is 0.348 e. The van der Waals surface area contributed by atoms with Crippen LogP contribution in [0.5, 0.6) is 0 Å². The van der Waals surface area contributed by atoms with Crippen LogP contribution in [0.2, 0.25) is 0 Å². The molecule has 0 saturated heterocycles. The molecule has 1 aliphatic rings. The summed E-state index contributed by atoms with van der Waals surface area (Å²) in [6, 6.07) is 0.504. The minimum atomic E-state index is 0.148. The first-order chi connectivity index (χ1) is 6.59. The molecule has 1 saturated carbocycles. The van der Waals surface area contributed by atoms with Crippen LogP contribution in [-0.4, -0.2) is 37.5 Å². The third-order valence-electron chi connectivity index (χ3n) is 2.73. The minimum absolute atomic E-state index is 0.148. The molecule has 0 aromatic rings. The summed E-state index contributed by atoms with van der Waals surface area (Å²) in [5.74, 6) is 0.148. The Morgan fingerprint density at radius 3 is 2.57 bits per heavy atom. The van der Waals surface area contributed by atoms with Crippen LogP contribution in [0.1, 0.15) is 25.7 Å². The second kappa shape index (κ2) is 5.15. The lowest BCUT2D eigenvalue weighted by Gasteiger charge is -2.24. The van der Waals surface area contributed by atoms with E-state index in [-0.39, 0.29) is 5.91 Å². The van der Waals surface area contributed by atoms with Gasteiger partial charge in [-0.15, -0.1) is 0 Å². The maximum atomic E-state index is 11.3. The quantitative estimate of drug-likeness (QED) is 0.687. The number of likely N-dealkylation sites (N-methyl/N-ethyl adjacent to an activating group) is 1. The molecule has 0 aliphatic heterocycles. The fraction of sp³-hybridized carbons (Fsp3) is 0.727. The predicted molar refractivity (Wildman–Crippen MR) is 58.1 cm³/mol. The number of allylic oxidation sites excluding steroid dienone is 1. The van der Waals surface area contributed by atoms with Gasteiger partial charge in [-0.25, -0.2) is 0 Å². The zero-order chi connectivity index (χ0) is 10.6. The number of rotatable bonds is 3. The predicted octanol–water partition coefficient (Wildman–Crippen LogP) is 1.16. The van der Waals surface area contributed by atoms with Gasteiger partial charge in [0.25, 0.3) is 0 Å². The third kappa shape index (κ3) is 3.50. The zero-order valence-electron chi connectivity index (χ0n) is 9.18. The molecule has 1 N–H and O–H groups in total. The number of carbonyl (C=O) groups is 1. The van der Waals surface area contributed by atoms with E-state index >= 15 is 0 Å². The summed E-state index contributed by atoms with van der Waals surface area (Å²) in [4.78, 5) is 12.9. The maximum Gasteiger partial charge on any atom is 0.236 e. The Kier molecular flexibility index (Phi) is 4.14. The van der Waals surface area contributed by atoms with Crippen LogP contribution < -0.4 is 5.32 Å². The van der Waals surface area contributed by atoms with Crippen molar-refractivity contribution >= 4 is 5.91 Å². The first kappa shape index (κ1) is 11.2. The third-order valence-corrected chi connectivity index (χ3v) is 2.73. The van der Waals surface area contributed by atoms with Gasteiger partial charge >= 0.3 is 0 Å². The molecule has 0 spiro atoms. The lowest BCUT2D eigenvalue weighted by molar-refractivity contribution is -0.127. The fourth-order valence-electron chi connectivity index (χ4n) is 1.62. The maximum absolute atomic E-state index is 11.3. The highest BCUT2D eigenvalue weighted by Crippen LogP contribution is 2.21. The van der Waals surface area contributed by atoms with Crippen LogP contribution >= 0.6 is 0 Å². The van der Waals surface area contributed by atoms with Crippen LogP contribution in [0.25, 0.3) is 0 Å². The number of hydrogen-bond acceptors (Lipinski definition) is 2. The summed E-state index contributed by atoms with van der Waals surface area (Å²) in [6.07, 6.45) is 4.46. The molecule has 80 valence electrons. The SMILES string of the molecule is C=C1CCC(NCC(=O)N(C)C)CC1. The van der Waals surface area contributed by atoms with Crippen LogP contribution in [-0.2, 0) is 4.79 Å². The molecule has 0 bridgehead atoms. The smallest absolute Gasteiger partial charge is 0.236 e. The topological polar surface area (TPSA) is 32.3 Å². The van der Waals surface area contributed by atoms with Crippen LogP contribution in [0.3, 0.4) is 0 Å². The monoisotopic (exact) mass is 196 g/mol. The molecule has 0 aromatic heterocycles. The van der Waals surface area contributed by atoms with E-state index in [1.54, 1.807) is 19.0 Å². The first-order valence-corrected chi connectivity index (χ1v) is 5.20. The molecule has 0 heterocycles. The Morgan fingerprint density at radius 2 is 2.07 bits per heavy atom. The molecule has 0 unspecified atom stereocenters. The van der Waals surface area contributed by atoms with Gasteiger partial charge in [-0.2, -0.15) is 0 Å². The molecular formula is C11H20N2O. The lowest BCUT2D eigenvalue weighted by Crippen LogP contribution is -2.39. The van der Waals surface area contributed by atoms with Crippen molar-refractivity contribution in [1.29, 1.82) is 0 Å². The van der Waals surface area contributed by atoms with Crippen molar-refractivity contribution in [1.82, 2.24) is 10.2 Å². The van der Waals surface area contributed by atoms with Crippen LogP contribution in [0.15, 0.2) is 12.2 Å². The van der Waals surface area contributed by atoms with Gasteiger partial charge in [0.15, 0.2) is 0 Å². The summed E-state index contributed by atoms with van der Waals surface area (Å²) >= 11 is 0. The molecule has 3 nitrogen and oxygen atoms in total. The average molecular weight is 196 g/mol. The van der Waals surface area contributed by atoms with Crippen LogP contribution in [0.4, 0.5) is 0 Å². The second-order valence-electron chi connectivity index (χ2n) is 4.19. The Balaban J connectivity index is 2.19. The van der Waals surface area contributed by atoms with Gasteiger partial charge in [-0.1, -0.05) is 12.2 Å². The molecule has 1 fully saturated rings. The van der Waals surface area contributed by atoms with Crippen molar-refractivity contribution in [3.05, 3.63) is 12.2 Å². The van der Waals surface area contributed by atoms with Crippen molar-refractivity contribution in [2.75, 3.05) is 20.6 Å². The summed E-state index contributed by atoms with van der Waals surface area (Å²) < 4.78 is 0. The van der Waals surface area contributed by atoms with Gasteiger partial charge in [0.2, 0.25) is 5.91 Å². The molecule has 14 heavy (non-hydrogen) atoms. The molecule has 1 rings (SSSR count). The number of nitrogens with one attached hydrogen (secondary N) is 1. The van der Waals surface area contributed by atoms with E-state index in [0.29, 0.717) is 12.6 Å². The molecular weight excluding hydrogens is 176 g/mol. The molecule has 0 radical (unpaired) electrons. The van der Waals surface area contributed by atoms with Gasteiger partial charge in [0.05, 0.1) is 6.54 Å². The summed E-state index contributed by atoms with van der Waals surface area (Å²) in [7, 11) is 3.57. The Hall–Kier alpha value is -0.830. The van der Waals surface area contributed by atoms with Crippen molar-refractivity contribution in [2.24, 2.45) is 0 Å². The van der Waals surface area contributed by atoms with Gasteiger partial charge in [0, 0.05) is 20.1 Å². The van der Waals surface area contributed by atoms with Gasteiger partial charge in [-0.3, -0.25) is 4.79 Å². The van der Waals surface area contributed by atoms with E-state index in [9.17, 15) is 4.79 Å². The van der Waals surface area contributed by atoms with Crippen molar-refractivity contribution < 1.29 is 4.79 Å². The normalized spacial score (nSPS) is 18.3. The van der Waals surface area contributed by atoms with Crippen molar-refractivity contribution in [3.8, 4) is 0 Å². The van der Waals surface area contributed by atoms with E-state index in [1.807, 2.05) is 0 Å². The molecule has 1 amide bonds. The highest BCUT2D eigenvalue weighted by atomic mass is 16.2. The van der Waals surface area contributed by atoms with E-state index in [4.69, 9.17) is 0 Å². The lowest BCUT2D eigenvalue weighted by atomic mass is 9.92. The summed E-state index contributed by atoms with van der Waals surface area (Å²) in [5.41, 5.74) is 1.35. The Labute approximate surface area is 86.2 Å². The van der Waals surface area contributed by atoms with E-state index < -0.39 is 0 Å². The Morgan fingerprint density at radius 1 is 1.50 bits per heavy atom. The molecule has 3 heteroatoms. The first-order valence-electron chi connectivity index (χ1n) is 5.20. The average Bonchev–Trinajstić information content (AvgIpc) is 2.16. The number of carbonyl (C=O) groups excluding carboxylic acids is 1. The van der Waals surface area contributed by atoms with Crippen molar-refractivity contribution in [2.45, 2.75) is 31.7 Å².